The number of thioether (sulfide) groups is 2. The number of aryl methyl sites for hydroxylation is 2. The first-order valence-electron chi connectivity index (χ1n) is 26.0. The molecule has 0 aliphatic carbocycles. The van der Waals surface area contributed by atoms with E-state index in [-0.39, 0.29) is 12.4 Å². The van der Waals surface area contributed by atoms with Gasteiger partial charge in [0.1, 0.15) is 6.54 Å². The van der Waals surface area contributed by atoms with Crippen LogP contribution >= 0.6 is 46.1 Å². The van der Waals surface area contributed by atoms with Gasteiger partial charge in [0, 0.05) is 71.8 Å². The molecule has 4 aromatic carbocycles. The van der Waals surface area contributed by atoms with Crippen LogP contribution in [-0.2, 0) is 27.4 Å². The highest BCUT2D eigenvalue weighted by molar-refractivity contribution is 14.1. The van der Waals surface area contributed by atoms with Gasteiger partial charge in [0.15, 0.2) is 18.9 Å². The summed E-state index contributed by atoms with van der Waals surface area (Å²) >= 11 is 6.12. The van der Waals surface area contributed by atoms with Crippen LogP contribution in [0.5, 0.6) is 0 Å². The van der Waals surface area contributed by atoms with E-state index in [0.717, 1.165) is 82.2 Å². The van der Waals surface area contributed by atoms with Crippen molar-refractivity contribution >= 4 is 103 Å². The van der Waals surface area contributed by atoms with E-state index < -0.39 is 5.97 Å². The Morgan fingerprint density at radius 1 is 0.644 bits per heavy atom. The molecule has 0 amide bonds. The predicted octanol–water partition coefficient (Wildman–Crippen LogP) is 12.9. The lowest BCUT2D eigenvalue weighted by molar-refractivity contribution is -0.892. The van der Waals surface area contributed by atoms with Crippen molar-refractivity contribution in [2.24, 2.45) is 0 Å². The van der Waals surface area contributed by atoms with Crippen LogP contribution in [0.4, 0.5) is 11.4 Å². The summed E-state index contributed by atoms with van der Waals surface area (Å²) in [5.74, 6) is -0.753. The Balaban J connectivity index is 0.000000199. The number of nitrogens with zero attached hydrogens (tertiary/aromatic N) is 6. The zero-order valence-electron chi connectivity index (χ0n) is 44.3. The molecule has 6 aromatic rings. The third-order valence-corrected chi connectivity index (χ3v) is 16.3. The molecule has 0 radical (unpaired) electrons. The molecule has 0 spiro atoms. The zero-order chi connectivity index (χ0) is 52.2. The largest absolute Gasteiger partial charge is 0.481 e. The molecular weight excluding hydrogens is 1060 g/mol. The Hall–Kier alpha value is -4.93. The number of carbonyl (C=O) groups is 2. The highest BCUT2D eigenvalue weighted by Crippen LogP contribution is 2.46. The number of hydrogen-bond donors (Lipinski definition) is 1. The number of carboxylic acid groups (broad SMARTS) is 1. The topological polar surface area (TPSA) is 81.1 Å². The molecule has 8 rings (SSSR count). The van der Waals surface area contributed by atoms with Crippen molar-refractivity contribution in [2.75, 3.05) is 82.8 Å². The Morgan fingerprint density at radius 3 is 1.63 bits per heavy atom. The van der Waals surface area contributed by atoms with Crippen LogP contribution < -0.4 is 18.9 Å². The van der Waals surface area contributed by atoms with Crippen molar-refractivity contribution in [3.63, 3.8) is 0 Å². The minimum absolute atomic E-state index is 0.0626. The average Bonchev–Trinajstić information content (AvgIpc) is 3.87. The van der Waals surface area contributed by atoms with Gasteiger partial charge in [-0.25, -0.2) is 0 Å². The Kier molecular flexibility index (Phi) is 23.0. The van der Waals surface area contributed by atoms with E-state index in [2.05, 4.69) is 222 Å². The number of alkyl halides is 1. The highest BCUT2D eigenvalue weighted by Gasteiger charge is 2.24. The van der Waals surface area contributed by atoms with Crippen LogP contribution in [0.25, 0.3) is 34.0 Å². The first kappa shape index (κ1) is 57.4. The van der Waals surface area contributed by atoms with E-state index in [1.807, 2.05) is 30.4 Å². The van der Waals surface area contributed by atoms with Crippen molar-refractivity contribution in [1.82, 2.24) is 4.90 Å². The monoisotopic (exact) mass is 1140 g/mol. The Bertz CT molecular complexity index is 2820. The van der Waals surface area contributed by atoms with Crippen molar-refractivity contribution in [3.05, 3.63) is 143 Å². The number of hydrogen-bond acceptors (Lipinski definition) is 8. The second-order valence-electron chi connectivity index (χ2n) is 19.6. The smallest absolute Gasteiger partial charge is 0.305 e. The molecule has 2 aromatic heterocycles. The molecule has 10 nitrogen and oxygen atoms in total. The molecular formula is C60H78IN6O4S2+3. The van der Waals surface area contributed by atoms with E-state index in [0.29, 0.717) is 13.0 Å². The van der Waals surface area contributed by atoms with Crippen molar-refractivity contribution < 1.29 is 33.0 Å². The number of unbranched alkanes of at least 4 members (excludes halogenated alkanes) is 4. The number of carbonyl (C=O) groups excluding carboxylic acids is 1. The summed E-state index contributed by atoms with van der Waals surface area (Å²) in [7, 11) is 13.0. The van der Waals surface area contributed by atoms with Crippen molar-refractivity contribution in [1.29, 1.82) is 0 Å². The molecule has 0 saturated carbocycles. The molecule has 0 unspecified atom stereocenters. The first-order chi connectivity index (χ1) is 35.3. The second-order valence-corrected chi connectivity index (χ2v) is 22.8. The lowest BCUT2D eigenvalue weighted by Crippen LogP contribution is -2.44. The van der Waals surface area contributed by atoms with Gasteiger partial charge >= 0.3 is 11.9 Å². The number of pyridine rings is 2. The third kappa shape index (κ3) is 17.3. The van der Waals surface area contributed by atoms with Crippen LogP contribution in [0, 0.1) is 0 Å². The summed E-state index contributed by atoms with van der Waals surface area (Å²) in [6, 6.07) is 39.1. The van der Waals surface area contributed by atoms with Gasteiger partial charge < -0.3 is 29.0 Å². The van der Waals surface area contributed by atoms with Crippen LogP contribution in [0.2, 0.25) is 0 Å². The molecule has 2 aliphatic rings. The van der Waals surface area contributed by atoms with Gasteiger partial charge in [-0.05, 0) is 119 Å². The van der Waals surface area contributed by atoms with Crippen molar-refractivity contribution in [3.8, 4) is 0 Å². The number of para-hydroxylation sites is 4. The van der Waals surface area contributed by atoms with E-state index in [1.165, 1.54) is 75.0 Å². The summed E-state index contributed by atoms with van der Waals surface area (Å²) in [4.78, 5) is 30.9. The molecule has 13 heteroatoms. The summed E-state index contributed by atoms with van der Waals surface area (Å²) < 4.78 is 11.7. The van der Waals surface area contributed by atoms with Gasteiger partial charge in [-0.2, -0.15) is 9.13 Å². The van der Waals surface area contributed by atoms with Gasteiger partial charge in [-0.15, -0.1) is 0 Å². The van der Waals surface area contributed by atoms with E-state index in [1.54, 1.807) is 0 Å². The molecule has 2 aliphatic heterocycles. The van der Waals surface area contributed by atoms with Gasteiger partial charge in [0.05, 0.1) is 72.4 Å². The molecule has 0 fully saturated rings. The normalized spacial score (nSPS) is 14.0. The quantitative estimate of drug-likeness (QED) is 0.0179. The van der Waals surface area contributed by atoms with E-state index in [9.17, 15) is 9.59 Å². The predicted molar refractivity (Wildman–Crippen MR) is 315 cm³/mol. The number of esters is 1. The summed E-state index contributed by atoms with van der Waals surface area (Å²) in [5.41, 5.74) is 7.66. The van der Waals surface area contributed by atoms with Crippen LogP contribution in [0.3, 0.4) is 0 Å². The summed E-state index contributed by atoms with van der Waals surface area (Å²) in [6.45, 7) is 7.68. The highest BCUT2D eigenvalue weighted by atomic mass is 127. The molecule has 0 saturated heterocycles. The van der Waals surface area contributed by atoms with Gasteiger partial charge in [0.25, 0.3) is 0 Å². The minimum Gasteiger partial charge on any atom is -0.481 e. The average molecular weight is 1140 g/mol. The second kappa shape index (κ2) is 29.2. The number of halogens is 1. The fraction of sp³-hybridized carbons (Fsp3) is 0.400. The third-order valence-electron chi connectivity index (χ3n) is 13.2. The molecule has 0 atom stereocenters. The number of quaternary nitrogens is 1. The van der Waals surface area contributed by atoms with Crippen LogP contribution in [0.15, 0.2) is 141 Å². The fourth-order valence-electron chi connectivity index (χ4n) is 9.13. The van der Waals surface area contributed by atoms with Crippen LogP contribution in [0.1, 0.15) is 82.3 Å². The Morgan fingerprint density at radius 2 is 1.12 bits per heavy atom. The number of anilines is 2. The van der Waals surface area contributed by atoms with E-state index >= 15 is 0 Å². The fourth-order valence-corrected chi connectivity index (χ4v) is 11.7. The maximum Gasteiger partial charge on any atom is 0.305 e. The lowest BCUT2D eigenvalue weighted by atomic mass is 10.1. The number of benzene rings is 4. The summed E-state index contributed by atoms with van der Waals surface area (Å²) in [6.07, 6.45) is 18.3. The van der Waals surface area contributed by atoms with Gasteiger partial charge in [0.2, 0.25) is 11.0 Å². The minimum atomic E-state index is -0.690. The van der Waals surface area contributed by atoms with Gasteiger partial charge in [-0.3, -0.25) is 9.59 Å². The number of rotatable bonds is 22. The maximum absolute atomic E-state index is 10.9. The van der Waals surface area contributed by atoms with Gasteiger partial charge in [-0.1, -0.05) is 101 Å². The van der Waals surface area contributed by atoms with Crippen molar-refractivity contribution in [2.45, 2.75) is 94.0 Å². The van der Waals surface area contributed by atoms with Crippen LogP contribution in [-0.4, -0.2) is 99.4 Å². The molecule has 0 bridgehead atoms. The lowest BCUT2D eigenvalue weighted by Gasteiger charge is -2.29. The van der Waals surface area contributed by atoms with E-state index in [4.69, 9.17) is 9.84 Å². The summed E-state index contributed by atoms with van der Waals surface area (Å²) in [5, 5.41) is 13.9. The number of ether oxygens (including phenoxy) is 1. The number of carboxylic acids is 1. The maximum atomic E-state index is 10.9. The number of aromatic nitrogens is 2. The molecule has 73 heavy (non-hydrogen) atoms. The number of aliphatic carboxylic acids is 1. The zero-order valence-corrected chi connectivity index (χ0v) is 48.1. The molecule has 388 valence electrons. The number of fused-ring (bicyclic) bond motifs is 4. The first-order valence-corrected chi connectivity index (χ1v) is 29.1. The standard InChI is InChI=1S/C29H36N3O2S.C21H20IN2S.C10H21NO2/c1-30-26-14-8-9-15-27(26)35-28(30)22-23-17-19-31(25-13-7-6-12-24(23)25)18-11-21-32(2,3)20-10-4-5-16-29(33)34;1-23-19-9-4-5-10-20(19)25-21(23)15-16-11-14-24(13-6-12-22)18-8-3-2-7-17(16)18;1-4-13-10(12)8-6-5-7-9-11(2)3/h6-9,12-15,17,19,22H,4-5,10-11,16,18,20-21H2,1-3H3;2-5,7-11,14-15H,6,12-13H2,1H3;4-9H2,1-3H3/q2*+1;/p+1. The molecule has 4 heterocycles. The SMILES string of the molecule is CCOC(=O)CCCCCN(C)C.CN1/C(=C/c2cc[n+](CCCI)c3ccccc23)Sc2ccccc21.CN1/C(=C/c2cc[n+](CCC[N+](C)(C)CCCCCC(=O)O)c3ccccc23)Sc2ccccc21. The Labute approximate surface area is 457 Å². The molecule has 1 N–H and O–H groups in total.